The molecule has 2 rings (SSSR count). The maximum Gasteiger partial charge on any atom is 0.124 e. The fraction of sp³-hybridized carbons (Fsp3) is 0.412. The van der Waals surface area contributed by atoms with Crippen molar-refractivity contribution in [2.24, 2.45) is 0 Å². The summed E-state index contributed by atoms with van der Waals surface area (Å²) < 4.78 is 5.91. The Hall–Kier alpha value is -1.58. The summed E-state index contributed by atoms with van der Waals surface area (Å²) in [5.74, 6) is 0.914. The SMILES string of the molecule is CC(C)Oc1ccc2ccccc2c1CNC[C@H](C)O. The molecule has 0 aromatic heterocycles. The van der Waals surface area contributed by atoms with Gasteiger partial charge in [-0.05, 0) is 37.6 Å². The molecule has 0 aliphatic rings. The average Bonchev–Trinajstić information content (AvgIpc) is 2.40. The van der Waals surface area contributed by atoms with Crippen LogP contribution in [0.3, 0.4) is 0 Å². The van der Waals surface area contributed by atoms with E-state index >= 15 is 0 Å². The van der Waals surface area contributed by atoms with Crippen molar-refractivity contribution >= 4 is 10.8 Å². The normalized spacial score (nSPS) is 12.8. The van der Waals surface area contributed by atoms with E-state index in [9.17, 15) is 5.11 Å². The first-order valence-corrected chi connectivity index (χ1v) is 7.14. The van der Waals surface area contributed by atoms with Gasteiger partial charge in [-0.2, -0.15) is 0 Å². The number of aliphatic hydroxyl groups is 1. The molecule has 0 heterocycles. The molecule has 2 N–H and O–H groups in total. The number of aliphatic hydroxyl groups excluding tert-OH is 1. The molecule has 3 nitrogen and oxygen atoms in total. The largest absolute Gasteiger partial charge is 0.491 e. The average molecular weight is 273 g/mol. The van der Waals surface area contributed by atoms with E-state index < -0.39 is 0 Å². The predicted molar refractivity (Wildman–Crippen MR) is 83.1 cm³/mol. The van der Waals surface area contributed by atoms with Crippen molar-refractivity contribution in [1.29, 1.82) is 0 Å². The molecule has 2 aromatic rings. The summed E-state index contributed by atoms with van der Waals surface area (Å²) in [5.41, 5.74) is 1.15. The van der Waals surface area contributed by atoms with Gasteiger partial charge in [-0.25, -0.2) is 0 Å². The van der Waals surface area contributed by atoms with Crippen LogP contribution < -0.4 is 10.1 Å². The lowest BCUT2D eigenvalue weighted by Crippen LogP contribution is -2.24. The van der Waals surface area contributed by atoms with Crippen LogP contribution in [0.4, 0.5) is 0 Å². The molecule has 0 saturated heterocycles. The van der Waals surface area contributed by atoms with Gasteiger partial charge in [-0.1, -0.05) is 30.3 Å². The fourth-order valence-corrected chi connectivity index (χ4v) is 2.27. The van der Waals surface area contributed by atoms with E-state index in [0.29, 0.717) is 13.1 Å². The Morgan fingerprint density at radius 3 is 2.55 bits per heavy atom. The van der Waals surface area contributed by atoms with E-state index in [0.717, 1.165) is 11.3 Å². The van der Waals surface area contributed by atoms with E-state index in [1.807, 2.05) is 32.0 Å². The lowest BCUT2D eigenvalue weighted by Gasteiger charge is -2.17. The maximum absolute atomic E-state index is 9.36. The molecule has 0 aliphatic heterocycles. The molecule has 0 bridgehead atoms. The Bertz CT molecular complexity index is 564. The molecule has 1 atom stereocenters. The van der Waals surface area contributed by atoms with E-state index in [-0.39, 0.29) is 12.2 Å². The zero-order chi connectivity index (χ0) is 14.5. The first-order valence-electron chi connectivity index (χ1n) is 7.14. The molecule has 108 valence electrons. The van der Waals surface area contributed by atoms with Crippen LogP contribution in [-0.2, 0) is 6.54 Å². The first kappa shape index (κ1) is 14.8. The number of fused-ring (bicyclic) bond motifs is 1. The Morgan fingerprint density at radius 1 is 1.10 bits per heavy atom. The third kappa shape index (κ3) is 3.71. The maximum atomic E-state index is 9.36. The smallest absolute Gasteiger partial charge is 0.124 e. The molecular formula is C17H23NO2. The van der Waals surface area contributed by atoms with Crippen LogP contribution in [-0.4, -0.2) is 23.9 Å². The molecule has 3 heteroatoms. The minimum absolute atomic E-state index is 0.145. The summed E-state index contributed by atoms with van der Waals surface area (Å²) in [6.45, 7) is 7.10. The molecule has 20 heavy (non-hydrogen) atoms. The van der Waals surface area contributed by atoms with Crippen molar-refractivity contribution in [1.82, 2.24) is 5.32 Å². The summed E-state index contributed by atoms with van der Waals surface area (Å²) in [5, 5.41) is 15.0. The van der Waals surface area contributed by atoms with Gasteiger partial charge in [0.05, 0.1) is 12.2 Å². The van der Waals surface area contributed by atoms with Gasteiger partial charge in [0.1, 0.15) is 5.75 Å². The van der Waals surface area contributed by atoms with Gasteiger partial charge in [0.2, 0.25) is 0 Å². The van der Waals surface area contributed by atoms with Crippen LogP contribution >= 0.6 is 0 Å². The topological polar surface area (TPSA) is 41.5 Å². The second-order valence-corrected chi connectivity index (χ2v) is 5.41. The van der Waals surface area contributed by atoms with E-state index in [4.69, 9.17) is 4.74 Å². The van der Waals surface area contributed by atoms with Gasteiger partial charge in [-0.3, -0.25) is 0 Å². The fourth-order valence-electron chi connectivity index (χ4n) is 2.27. The van der Waals surface area contributed by atoms with Crippen LogP contribution in [0.5, 0.6) is 5.75 Å². The number of benzene rings is 2. The van der Waals surface area contributed by atoms with Crippen molar-refractivity contribution in [2.45, 2.75) is 39.5 Å². The number of rotatable bonds is 6. The summed E-state index contributed by atoms with van der Waals surface area (Å²) >= 11 is 0. The molecule has 0 fully saturated rings. The van der Waals surface area contributed by atoms with Crippen molar-refractivity contribution in [3.63, 3.8) is 0 Å². The Morgan fingerprint density at radius 2 is 1.85 bits per heavy atom. The van der Waals surface area contributed by atoms with Gasteiger partial charge in [0, 0.05) is 18.7 Å². The quantitative estimate of drug-likeness (QED) is 0.850. The Balaban J connectivity index is 2.34. The van der Waals surface area contributed by atoms with Gasteiger partial charge in [0.15, 0.2) is 0 Å². The molecule has 0 radical (unpaired) electrons. The molecule has 0 aliphatic carbocycles. The van der Waals surface area contributed by atoms with Gasteiger partial charge in [-0.15, -0.1) is 0 Å². The summed E-state index contributed by atoms with van der Waals surface area (Å²) in [7, 11) is 0. The van der Waals surface area contributed by atoms with Crippen molar-refractivity contribution < 1.29 is 9.84 Å². The third-order valence-corrected chi connectivity index (χ3v) is 3.10. The number of hydrogen-bond acceptors (Lipinski definition) is 3. The highest BCUT2D eigenvalue weighted by atomic mass is 16.5. The molecule has 0 saturated carbocycles. The lowest BCUT2D eigenvalue weighted by molar-refractivity contribution is 0.190. The zero-order valence-corrected chi connectivity index (χ0v) is 12.4. The highest BCUT2D eigenvalue weighted by Crippen LogP contribution is 2.28. The van der Waals surface area contributed by atoms with Crippen LogP contribution in [0.1, 0.15) is 26.3 Å². The second kappa shape index (κ2) is 6.73. The second-order valence-electron chi connectivity index (χ2n) is 5.41. The van der Waals surface area contributed by atoms with Gasteiger partial charge < -0.3 is 15.2 Å². The van der Waals surface area contributed by atoms with Crippen molar-refractivity contribution in [2.75, 3.05) is 6.54 Å². The minimum atomic E-state index is -0.348. The summed E-state index contributed by atoms with van der Waals surface area (Å²) in [6.07, 6.45) is -0.203. The third-order valence-electron chi connectivity index (χ3n) is 3.10. The molecule has 0 amide bonds. The van der Waals surface area contributed by atoms with E-state index in [1.54, 1.807) is 6.92 Å². The number of hydrogen-bond donors (Lipinski definition) is 2. The van der Waals surface area contributed by atoms with Gasteiger partial charge in [0.25, 0.3) is 0 Å². The number of nitrogens with one attached hydrogen (secondary N) is 1. The highest BCUT2D eigenvalue weighted by Gasteiger charge is 2.10. The first-order chi connectivity index (χ1) is 9.58. The molecule has 0 spiro atoms. The Kier molecular flexibility index (Phi) is 4.99. The van der Waals surface area contributed by atoms with Crippen molar-refractivity contribution in [3.8, 4) is 5.75 Å². The van der Waals surface area contributed by atoms with Crippen LogP contribution in [0.25, 0.3) is 10.8 Å². The molecule has 0 unspecified atom stereocenters. The Labute approximate surface area is 120 Å². The lowest BCUT2D eigenvalue weighted by atomic mass is 10.0. The predicted octanol–water partition coefficient (Wildman–Crippen LogP) is 3.10. The standard InChI is InChI=1S/C17H23NO2/c1-12(2)20-17-9-8-14-6-4-5-7-15(14)16(17)11-18-10-13(3)19/h4-9,12-13,18-19H,10-11H2,1-3H3/t13-/m0/s1. The van der Waals surface area contributed by atoms with Crippen LogP contribution in [0, 0.1) is 0 Å². The monoisotopic (exact) mass is 273 g/mol. The van der Waals surface area contributed by atoms with Crippen LogP contribution in [0.2, 0.25) is 0 Å². The number of ether oxygens (including phenoxy) is 1. The minimum Gasteiger partial charge on any atom is -0.491 e. The van der Waals surface area contributed by atoms with Gasteiger partial charge >= 0.3 is 0 Å². The summed E-state index contributed by atoms with van der Waals surface area (Å²) in [4.78, 5) is 0. The molecule has 2 aromatic carbocycles. The van der Waals surface area contributed by atoms with E-state index in [2.05, 4.69) is 23.5 Å². The van der Waals surface area contributed by atoms with Crippen molar-refractivity contribution in [3.05, 3.63) is 42.0 Å². The molecular weight excluding hydrogens is 250 g/mol. The van der Waals surface area contributed by atoms with E-state index in [1.165, 1.54) is 10.8 Å². The van der Waals surface area contributed by atoms with Crippen LogP contribution in [0.15, 0.2) is 36.4 Å². The highest BCUT2D eigenvalue weighted by molar-refractivity contribution is 5.87. The summed E-state index contributed by atoms with van der Waals surface area (Å²) in [6, 6.07) is 12.4. The zero-order valence-electron chi connectivity index (χ0n) is 12.4.